The van der Waals surface area contributed by atoms with Gasteiger partial charge < -0.3 is 4.74 Å². The number of alkyl halides is 2. The predicted molar refractivity (Wildman–Crippen MR) is 70.1 cm³/mol. The smallest absolute Gasteiger partial charge is 0.337 e. The summed E-state index contributed by atoms with van der Waals surface area (Å²) >= 11 is 9.03. The molecule has 0 spiro atoms. The molecular weight excluding hydrogens is 307 g/mol. The van der Waals surface area contributed by atoms with Crippen LogP contribution in [-0.4, -0.2) is 24.2 Å². The second-order valence-electron chi connectivity index (χ2n) is 3.52. The van der Waals surface area contributed by atoms with Crippen LogP contribution in [-0.2, 0) is 10.1 Å². The summed E-state index contributed by atoms with van der Waals surface area (Å²) in [5.41, 5.74) is 1.60. The maximum atomic E-state index is 11.8. The number of ether oxygens (including phenoxy) is 1. The monoisotopic (exact) mass is 318 g/mol. The zero-order valence-electron chi connectivity index (χ0n) is 9.50. The first-order chi connectivity index (χ1) is 7.99. The number of Topliss-reactive ketones (excluding diaryl/α,β-unsaturated/α-hetero) is 1. The molecule has 0 N–H and O–H groups in total. The Labute approximate surface area is 113 Å². The molecule has 3 nitrogen and oxygen atoms in total. The summed E-state index contributed by atoms with van der Waals surface area (Å²) < 4.78 is 4.63. The zero-order chi connectivity index (χ0) is 13.0. The van der Waals surface area contributed by atoms with Crippen molar-refractivity contribution in [2.24, 2.45) is 0 Å². The molecule has 1 aromatic rings. The van der Waals surface area contributed by atoms with E-state index in [4.69, 9.17) is 11.6 Å². The van der Waals surface area contributed by atoms with Crippen LogP contribution in [0.2, 0.25) is 0 Å². The number of rotatable bonds is 4. The van der Waals surface area contributed by atoms with E-state index in [0.717, 1.165) is 5.56 Å². The number of ketones is 1. The Hall–Kier alpha value is -0.870. The molecule has 1 unspecified atom stereocenters. The van der Waals surface area contributed by atoms with Crippen molar-refractivity contribution >= 4 is 39.3 Å². The molecule has 1 atom stereocenters. The molecule has 1 rings (SSSR count). The summed E-state index contributed by atoms with van der Waals surface area (Å²) in [6.45, 7) is 1.60. The van der Waals surface area contributed by atoms with Gasteiger partial charge in [0.25, 0.3) is 0 Å². The first kappa shape index (κ1) is 14.2. The highest BCUT2D eigenvalue weighted by Crippen LogP contribution is 2.17. The molecule has 0 aliphatic heterocycles. The highest BCUT2D eigenvalue weighted by atomic mass is 79.9. The highest BCUT2D eigenvalue weighted by molar-refractivity contribution is 9.08. The van der Waals surface area contributed by atoms with E-state index in [1.54, 1.807) is 19.1 Å². The molecule has 0 saturated heterocycles. The van der Waals surface area contributed by atoms with Gasteiger partial charge in [0.15, 0.2) is 5.78 Å². The average molecular weight is 320 g/mol. The van der Waals surface area contributed by atoms with Crippen molar-refractivity contribution in [2.45, 2.75) is 17.6 Å². The lowest BCUT2D eigenvalue weighted by molar-refractivity contribution is 0.0600. The number of halogens is 2. The second kappa shape index (κ2) is 6.17. The lowest BCUT2D eigenvalue weighted by Gasteiger charge is -2.07. The van der Waals surface area contributed by atoms with Gasteiger partial charge in [-0.2, -0.15) is 0 Å². The van der Waals surface area contributed by atoms with E-state index in [-0.39, 0.29) is 5.78 Å². The van der Waals surface area contributed by atoms with Crippen molar-refractivity contribution in [1.82, 2.24) is 0 Å². The zero-order valence-corrected chi connectivity index (χ0v) is 11.8. The fraction of sp³-hybridized carbons (Fsp3) is 0.333. The predicted octanol–water partition coefficient (Wildman–Crippen LogP) is 3.18. The number of carbonyl (C=O) groups excluding carboxylic acids is 2. The fourth-order valence-electron chi connectivity index (χ4n) is 1.38. The van der Waals surface area contributed by atoms with Crippen LogP contribution in [0.1, 0.15) is 33.2 Å². The van der Waals surface area contributed by atoms with Crippen molar-refractivity contribution in [1.29, 1.82) is 0 Å². The summed E-state index contributed by atoms with van der Waals surface area (Å²) in [5.74, 6) is -0.677. The standard InChI is InChI=1S/C12H12BrClO3/c1-7(14)11(15)9-3-8(6-13)4-10(5-9)12(16)17-2/h3-5,7H,6H2,1-2H3. The lowest BCUT2D eigenvalue weighted by atomic mass is 10.0. The minimum Gasteiger partial charge on any atom is -0.465 e. The summed E-state index contributed by atoms with van der Waals surface area (Å²) in [5, 5.41) is -0.0690. The summed E-state index contributed by atoms with van der Waals surface area (Å²) in [4.78, 5) is 23.2. The van der Waals surface area contributed by atoms with Crippen LogP contribution in [0.25, 0.3) is 0 Å². The van der Waals surface area contributed by atoms with Gasteiger partial charge in [0.05, 0.1) is 18.1 Å². The topological polar surface area (TPSA) is 43.4 Å². The summed E-state index contributed by atoms with van der Waals surface area (Å²) in [6.07, 6.45) is 0. The SMILES string of the molecule is COC(=O)c1cc(CBr)cc(C(=O)C(C)Cl)c1. The van der Waals surface area contributed by atoms with E-state index < -0.39 is 11.3 Å². The van der Waals surface area contributed by atoms with Gasteiger partial charge in [-0.3, -0.25) is 4.79 Å². The minimum atomic E-state index is -0.619. The molecule has 5 heteroatoms. The Morgan fingerprint density at radius 2 is 1.94 bits per heavy atom. The Morgan fingerprint density at radius 3 is 2.41 bits per heavy atom. The molecule has 92 valence electrons. The third-order valence-corrected chi connectivity index (χ3v) is 3.06. The maximum Gasteiger partial charge on any atom is 0.337 e. The van der Waals surface area contributed by atoms with Crippen LogP contribution >= 0.6 is 27.5 Å². The highest BCUT2D eigenvalue weighted by Gasteiger charge is 2.16. The molecule has 1 aromatic carbocycles. The van der Waals surface area contributed by atoms with Gasteiger partial charge in [0.2, 0.25) is 0 Å². The third-order valence-electron chi connectivity index (χ3n) is 2.21. The van der Waals surface area contributed by atoms with Gasteiger partial charge in [-0.25, -0.2) is 4.79 Å². The first-order valence-corrected chi connectivity index (χ1v) is 6.52. The maximum absolute atomic E-state index is 11.8. The molecule has 0 bridgehead atoms. The minimum absolute atomic E-state index is 0.209. The molecule has 17 heavy (non-hydrogen) atoms. The molecular formula is C12H12BrClO3. The van der Waals surface area contributed by atoms with Gasteiger partial charge in [-0.1, -0.05) is 15.9 Å². The van der Waals surface area contributed by atoms with Crippen LogP contribution in [0.3, 0.4) is 0 Å². The van der Waals surface area contributed by atoms with Gasteiger partial charge in [0, 0.05) is 10.9 Å². The number of esters is 1. The number of hydrogen-bond donors (Lipinski definition) is 0. The van der Waals surface area contributed by atoms with Crippen LogP contribution in [0, 0.1) is 0 Å². The Morgan fingerprint density at radius 1 is 1.35 bits per heavy atom. The van der Waals surface area contributed by atoms with Gasteiger partial charge in [-0.15, -0.1) is 11.6 Å². The summed E-state index contributed by atoms with van der Waals surface area (Å²) in [7, 11) is 1.30. The van der Waals surface area contributed by atoms with Crippen molar-refractivity contribution in [3.05, 3.63) is 34.9 Å². The second-order valence-corrected chi connectivity index (χ2v) is 4.74. The molecule has 0 fully saturated rings. The Balaban J connectivity index is 3.23. The van der Waals surface area contributed by atoms with E-state index in [0.29, 0.717) is 16.5 Å². The molecule has 0 aliphatic rings. The van der Waals surface area contributed by atoms with Gasteiger partial charge in [0.1, 0.15) is 0 Å². The first-order valence-electron chi connectivity index (χ1n) is 4.96. The Kier molecular flexibility index (Phi) is 5.15. The Bertz CT molecular complexity index is 443. The van der Waals surface area contributed by atoms with E-state index in [1.165, 1.54) is 13.2 Å². The summed E-state index contributed by atoms with van der Waals surface area (Å²) in [6, 6.07) is 4.89. The number of carbonyl (C=O) groups is 2. The molecule has 0 aromatic heterocycles. The van der Waals surface area contributed by atoms with E-state index in [2.05, 4.69) is 20.7 Å². The number of hydrogen-bond acceptors (Lipinski definition) is 3. The molecule has 0 aliphatic carbocycles. The normalized spacial score (nSPS) is 12.0. The van der Waals surface area contributed by atoms with E-state index in [1.807, 2.05) is 0 Å². The third kappa shape index (κ3) is 3.54. The fourth-order valence-corrected chi connectivity index (χ4v) is 1.83. The van der Waals surface area contributed by atoms with Crippen molar-refractivity contribution < 1.29 is 14.3 Å². The quantitative estimate of drug-likeness (QED) is 0.486. The average Bonchev–Trinajstić information content (AvgIpc) is 2.35. The van der Waals surface area contributed by atoms with Crippen molar-refractivity contribution in [3.8, 4) is 0 Å². The molecule has 0 amide bonds. The molecule has 0 saturated carbocycles. The van der Waals surface area contributed by atoms with Crippen molar-refractivity contribution in [3.63, 3.8) is 0 Å². The largest absolute Gasteiger partial charge is 0.465 e. The van der Waals surface area contributed by atoms with Gasteiger partial charge in [-0.05, 0) is 30.7 Å². The van der Waals surface area contributed by atoms with Gasteiger partial charge >= 0.3 is 5.97 Å². The number of benzene rings is 1. The van der Waals surface area contributed by atoms with Crippen LogP contribution in [0.4, 0.5) is 0 Å². The number of methoxy groups -OCH3 is 1. The van der Waals surface area contributed by atoms with Crippen LogP contribution < -0.4 is 0 Å². The molecule has 0 heterocycles. The van der Waals surface area contributed by atoms with Crippen LogP contribution in [0.5, 0.6) is 0 Å². The van der Waals surface area contributed by atoms with Crippen LogP contribution in [0.15, 0.2) is 18.2 Å². The van der Waals surface area contributed by atoms with Crippen molar-refractivity contribution in [2.75, 3.05) is 7.11 Å². The molecule has 0 radical (unpaired) electrons. The van der Waals surface area contributed by atoms with E-state index >= 15 is 0 Å². The van der Waals surface area contributed by atoms with E-state index in [9.17, 15) is 9.59 Å². The lowest BCUT2D eigenvalue weighted by Crippen LogP contribution is -2.12.